The first-order chi connectivity index (χ1) is 7.10. The molecular weight excluding hydrogens is 199 g/mol. The van der Waals surface area contributed by atoms with Crippen LogP contribution in [-0.4, -0.2) is 18.7 Å². The molecule has 0 aromatic heterocycles. The Hall–Kier alpha value is -1.71. The fourth-order valence-electron chi connectivity index (χ4n) is 1.21. The van der Waals surface area contributed by atoms with Crippen LogP contribution in [0.3, 0.4) is 0 Å². The molecule has 0 radical (unpaired) electrons. The van der Waals surface area contributed by atoms with E-state index in [1.807, 2.05) is 0 Å². The quantitative estimate of drug-likeness (QED) is 0.565. The van der Waals surface area contributed by atoms with Crippen molar-refractivity contribution in [3.8, 4) is 5.75 Å². The van der Waals surface area contributed by atoms with E-state index in [1.54, 1.807) is 6.92 Å². The van der Waals surface area contributed by atoms with Gasteiger partial charge in [-0.25, -0.2) is 4.39 Å². The highest BCUT2D eigenvalue weighted by atomic mass is 19.1. The predicted molar refractivity (Wildman–Crippen MR) is 53.0 cm³/mol. The molecule has 1 aromatic carbocycles. The average Bonchev–Trinajstić information content (AvgIpc) is 2.18. The molecule has 0 aliphatic rings. The second-order valence-corrected chi connectivity index (χ2v) is 2.98. The molecule has 80 valence electrons. The van der Waals surface area contributed by atoms with Crippen molar-refractivity contribution in [1.29, 1.82) is 0 Å². The molecule has 15 heavy (non-hydrogen) atoms. The summed E-state index contributed by atoms with van der Waals surface area (Å²) in [4.78, 5) is 21.7. The standard InChI is InChI=1S/C11H11FO3/c1-3-15-11-5-10(12)8(6-13)4-9(11)7(2)14/h4-6H,3H2,1-2H3. The lowest BCUT2D eigenvalue weighted by atomic mass is 10.1. The maximum absolute atomic E-state index is 13.2. The molecule has 1 rings (SSSR count). The zero-order chi connectivity index (χ0) is 11.4. The van der Waals surface area contributed by atoms with E-state index in [1.165, 1.54) is 13.0 Å². The Labute approximate surface area is 86.9 Å². The van der Waals surface area contributed by atoms with Crippen LogP contribution >= 0.6 is 0 Å². The fourth-order valence-corrected chi connectivity index (χ4v) is 1.21. The van der Waals surface area contributed by atoms with Gasteiger partial charge in [0.05, 0.1) is 17.7 Å². The Bertz CT molecular complexity index is 399. The van der Waals surface area contributed by atoms with E-state index in [0.29, 0.717) is 12.9 Å². The second-order valence-electron chi connectivity index (χ2n) is 2.98. The molecule has 0 fully saturated rings. The number of carbonyl (C=O) groups excluding carboxylic acids is 2. The van der Waals surface area contributed by atoms with Crippen molar-refractivity contribution in [2.45, 2.75) is 13.8 Å². The molecule has 0 heterocycles. The smallest absolute Gasteiger partial charge is 0.163 e. The summed E-state index contributed by atoms with van der Waals surface area (Å²) in [6.07, 6.45) is 0.373. The van der Waals surface area contributed by atoms with Crippen LogP contribution in [0.1, 0.15) is 34.6 Å². The Morgan fingerprint density at radius 2 is 2.20 bits per heavy atom. The van der Waals surface area contributed by atoms with Gasteiger partial charge in [-0.05, 0) is 19.9 Å². The summed E-state index contributed by atoms with van der Waals surface area (Å²) in [5.74, 6) is -0.770. The molecule has 1 aromatic rings. The van der Waals surface area contributed by atoms with Gasteiger partial charge in [-0.1, -0.05) is 0 Å². The predicted octanol–water partition coefficient (Wildman–Crippen LogP) is 2.24. The number of hydrogen-bond donors (Lipinski definition) is 0. The molecule has 0 saturated carbocycles. The van der Waals surface area contributed by atoms with E-state index in [4.69, 9.17) is 4.74 Å². The maximum Gasteiger partial charge on any atom is 0.163 e. The molecule has 0 aliphatic carbocycles. The number of benzene rings is 1. The van der Waals surface area contributed by atoms with Gasteiger partial charge in [0.2, 0.25) is 0 Å². The van der Waals surface area contributed by atoms with Gasteiger partial charge in [-0.2, -0.15) is 0 Å². The normalized spacial score (nSPS) is 9.80. The molecule has 0 aliphatic heterocycles. The topological polar surface area (TPSA) is 43.4 Å². The van der Waals surface area contributed by atoms with Crippen molar-refractivity contribution in [2.24, 2.45) is 0 Å². The molecule has 0 saturated heterocycles. The number of halogens is 1. The maximum atomic E-state index is 13.2. The minimum absolute atomic E-state index is 0.136. The van der Waals surface area contributed by atoms with Crippen LogP contribution in [0, 0.1) is 5.82 Å². The summed E-state index contributed by atoms with van der Waals surface area (Å²) < 4.78 is 18.3. The highest BCUT2D eigenvalue weighted by molar-refractivity contribution is 5.98. The third-order valence-corrected chi connectivity index (χ3v) is 1.90. The van der Waals surface area contributed by atoms with E-state index in [0.717, 1.165) is 6.07 Å². The Morgan fingerprint density at radius 3 is 2.67 bits per heavy atom. The number of aldehydes is 1. The molecule has 0 amide bonds. The van der Waals surface area contributed by atoms with Gasteiger partial charge in [0, 0.05) is 6.07 Å². The van der Waals surface area contributed by atoms with Crippen LogP contribution in [0.2, 0.25) is 0 Å². The summed E-state index contributed by atoms with van der Waals surface area (Å²) in [5, 5.41) is 0. The lowest BCUT2D eigenvalue weighted by Gasteiger charge is -2.08. The Balaban J connectivity index is 3.31. The minimum Gasteiger partial charge on any atom is -0.493 e. The zero-order valence-electron chi connectivity index (χ0n) is 8.54. The Morgan fingerprint density at radius 1 is 1.53 bits per heavy atom. The van der Waals surface area contributed by atoms with Gasteiger partial charge >= 0.3 is 0 Å². The molecule has 3 nitrogen and oxygen atoms in total. The highest BCUT2D eigenvalue weighted by Crippen LogP contribution is 2.22. The lowest BCUT2D eigenvalue weighted by Crippen LogP contribution is -2.03. The van der Waals surface area contributed by atoms with Gasteiger partial charge in [-0.3, -0.25) is 9.59 Å². The highest BCUT2D eigenvalue weighted by Gasteiger charge is 2.13. The Kier molecular flexibility index (Phi) is 3.55. The third kappa shape index (κ3) is 2.40. The summed E-state index contributed by atoms with van der Waals surface area (Å²) in [7, 11) is 0. The molecular formula is C11H11FO3. The van der Waals surface area contributed by atoms with Crippen molar-refractivity contribution in [2.75, 3.05) is 6.61 Å². The summed E-state index contributed by atoms with van der Waals surface area (Å²) >= 11 is 0. The molecule has 4 heteroatoms. The SMILES string of the molecule is CCOc1cc(F)c(C=O)cc1C(C)=O. The summed E-state index contributed by atoms with van der Waals surface area (Å²) in [5.41, 5.74) is 0.0870. The van der Waals surface area contributed by atoms with Crippen molar-refractivity contribution in [3.05, 3.63) is 29.1 Å². The molecule has 0 spiro atoms. The monoisotopic (exact) mass is 210 g/mol. The van der Waals surface area contributed by atoms with Crippen LogP contribution < -0.4 is 4.74 Å². The van der Waals surface area contributed by atoms with E-state index >= 15 is 0 Å². The summed E-state index contributed by atoms with van der Waals surface area (Å²) in [6.45, 7) is 3.40. The zero-order valence-corrected chi connectivity index (χ0v) is 8.54. The second kappa shape index (κ2) is 4.68. The molecule has 0 N–H and O–H groups in total. The number of Topliss-reactive ketones (excluding diaryl/α,β-unsaturated/α-hetero) is 1. The lowest BCUT2D eigenvalue weighted by molar-refractivity contribution is 0.101. The van der Waals surface area contributed by atoms with Gasteiger partial charge in [0.1, 0.15) is 11.6 Å². The minimum atomic E-state index is -0.682. The molecule has 0 bridgehead atoms. The number of hydrogen-bond acceptors (Lipinski definition) is 3. The van der Waals surface area contributed by atoms with Crippen LogP contribution in [0.25, 0.3) is 0 Å². The van der Waals surface area contributed by atoms with E-state index in [9.17, 15) is 14.0 Å². The number of ether oxygens (including phenoxy) is 1. The van der Waals surface area contributed by atoms with Crippen molar-refractivity contribution in [3.63, 3.8) is 0 Å². The van der Waals surface area contributed by atoms with Gasteiger partial charge in [0.25, 0.3) is 0 Å². The van der Waals surface area contributed by atoms with Crippen molar-refractivity contribution < 1.29 is 18.7 Å². The first-order valence-electron chi connectivity index (χ1n) is 4.52. The van der Waals surface area contributed by atoms with Gasteiger partial charge in [-0.15, -0.1) is 0 Å². The van der Waals surface area contributed by atoms with Crippen LogP contribution in [0.15, 0.2) is 12.1 Å². The van der Waals surface area contributed by atoms with E-state index in [-0.39, 0.29) is 22.7 Å². The van der Waals surface area contributed by atoms with E-state index < -0.39 is 5.82 Å². The van der Waals surface area contributed by atoms with Crippen molar-refractivity contribution >= 4 is 12.1 Å². The van der Waals surface area contributed by atoms with E-state index in [2.05, 4.69) is 0 Å². The van der Waals surface area contributed by atoms with Gasteiger partial charge < -0.3 is 4.74 Å². The number of rotatable bonds is 4. The van der Waals surface area contributed by atoms with Crippen LogP contribution in [0.4, 0.5) is 4.39 Å². The van der Waals surface area contributed by atoms with Crippen LogP contribution in [-0.2, 0) is 0 Å². The average molecular weight is 210 g/mol. The third-order valence-electron chi connectivity index (χ3n) is 1.90. The molecule has 0 atom stereocenters. The first kappa shape index (κ1) is 11.4. The first-order valence-corrected chi connectivity index (χ1v) is 4.52. The number of ketones is 1. The largest absolute Gasteiger partial charge is 0.493 e. The molecule has 0 unspecified atom stereocenters. The fraction of sp³-hybridized carbons (Fsp3) is 0.273. The van der Waals surface area contributed by atoms with Crippen molar-refractivity contribution in [1.82, 2.24) is 0 Å². The van der Waals surface area contributed by atoms with Crippen LogP contribution in [0.5, 0.6) is 5.75 Å². The number of carbonyl (C=O) groups is 2. The van der Waals surface area contributed by atoms with Gasteiger partial charge in [0.15, 0.2) is 12.1 Å². The summed E-state index contributed by atoms with van der Waals surface area (Å²) in [6, 6.07) is 2.26.